The van der Waals surface area contributed by atoms with Gasteiger partial charge in [-0.15, -0.1) is 0 Å². The zero-order valence-electron chi connectivity index (χ0n) is 16.4. The van der Waals surface area contributed by atoms with Crippen LogP contribution in [0.1, 0.15) is 12.8 Å². The summed E-state index contributed by atoms with van der Waals surface area (Å²) in [7, 11) is -0.882. The molecule has 1 saturated carbocycles. The zero-order chi connectivity index (χ0) is 19.5. The fraction of sp³-hybridized carbons (Fsp3) is 0.111. The van der Waals surface area contributed by atoms with E-state index >= 15 is 0 Å². The maximum absolute atomic E-state index is 2.35. The Morgan fingerprint density at radius 3 is 0.828 bits per heavy atom. The Kier molecular flexibility index (Phi) is 5.32. The van der Waals surface area contributed by atoms with Gasteiger partial charge in [-0.2, -0.15) is 0 Å². The minimum Gasteiger partial charge on any atom is -0.0622 e. The van der Waals surface area contributed by atoms with Crippen molar-refractivity contribution in [3.05, 3.63) is 121 Å². The van der Waals surface area contributed by atoms with Crippen molar-refractivity contribution in [1.82, 2.24) is 0 Å². The Bertz CT molecular complexity index is 879. The molecule has 0 amide bonds. The van der Waals surface area contributed by atoms with Gasteiger partial charge in [0.05, 0.1) is 0 Å². The highest BCUT2D eigenvalue weighted by atomic mass is 31.2. The summed E-state index contributed by atoms with van der Waals surface area (Å²) in [6.07, 6.45) is 2.61. The van der Waals surface area contributed by atoms with Gasteiger partial charge in [-0.25, -0.2) is 0 Å². The average molecular weight is 410 g/mol. The van der Waals surface area contributed by atoms with E-state index in [1.165, 1.54) is 34.1 Å². The van der Waals surface area contributed by atoms with Crippen molar-refractivity contribution >= 4 is 37.1 Å². The third-order valence-electron chi connectivity index (χ3n) is 5.59. The Morgan fingerprint density at radius 2 is 0.621 bits per heavy atom. The fourth-order valence-electron chi connectivity index (χ4n) is 4.23. The lowest BCUT2D eigenvalue weighted by Crippen LogP contribution is -2.28. The molecule has 4 aromatic carbocycles. The fourth-order valence-corrected chi connectivity index (χ4v) is 11.9. The van der Waals surface area contributed by atoms with Crippen LogP contribution in [0.4, 0.5) is 0 Å². The molecule has 0 N–H and O–H groups in total. The molecule has 1 fully saturated rings. The second kappa shape index (κ2) is 8.23. The third kappa shape index (κ3) is 3.69. The monoisotopic (exact) mass is 410 g/mol. The third-order valence-corrected chi connectivity index (χ3v) is 12.6. The largest absolute Gasteiger partial charge is 0.0622 e. The molecular weight excluding hydrogens is 386 g/mol. The minimum absolute atomic E-state index is 0.329. The normalized spacial score (nSPS) is 14.8. The second-order valence-corrected chi connectivity index (χ2v) is 13.0. The van der Waals surface area contributed by atoms with E-state index < -0.39 is 15.8 Å². The molecule has 0 heterocycles. The molecule has 1 aliphatic rings. The molecule has 1 aliphatic carbocycles. The van der Waals surface area contributed by atoms with Crippen molar-refractivity contribution < 1.29 is 0 Å². The van der Waals surface area contributed by atoms with Gasteiger partial charge in [0.1, 0.15) is 0 Å². The van der Waals surface area contributed by atoms with E-state index in [4.69, 9.17) is 0 Å². The molecule has 0 aliphatic heterocycles. The van der Waals surface area contributed by atoms with Gasteiger partial charge >= 0.3 is 0 Å². The van der Waals surface area contributed by atoms with E-state index in [0.29, 0.717) is 4.90 Å². The van der Waals surface area contributed by atoms with Crippen LogP contribution in [0, 0.1) is 0 Å². The summed E-state index contributed by atoms with van der Waals surface area (Å²) in [4.78, 5) is 0.329. The smallest absolute Gasteiger partial charge is 0.0268 e. The quantitative estimate of drug-likeness (QED) is 0.356. The Hall–Kier alpha value is -2.26. The van der Waals surface area contributed by atoms with Crippen molar-refractivity contribution in [2.45, 2.75) is 17.7 Å². The molecule has 5 rings (SSSR count). The Labute approximate surface area is 176 Å². The first kappa shape index (κ1) is 18.7. The summed E-state index contributed by atoms with van der Waals surface area (Å²) >= 11 is 0. The van der Waals surface area contributed by atoms with Crippen LogP contribution in [0.25, 0.3) is 0 Å². The molecule has 0 saturated heterocycles. The van der Waals surface area contributed by atoms with Crippen LogP contribution in [0.3, 0.4) is 0 Å². The molecule has 0 bridgehead atoms. The van der Waals surface area contributed by atoms with Crippen LogP contribution in [-0.2, 0) is 0 Å². The SMILES string of the molecule is c1ccc(P(c2ccccc2)C2(P(c3ccccc3)c3ccccc3)CC2)cc1. The van der Waals surface area contributed by atoms with E-state index in [1.54, 1.807) is 0 Å². The molecule has 29 heavy (non-hydrogen) atoms. The first-order valence-corrected chi connectivity index (χ1v) is 12.9. The predicted octanol–water partition coefficient (Wildman–Crippen LogP) is 5.74. The van der Waals surface area contributed by atoms with Crippen molar-refractivity contribution in [3.63, 3.8) is 0 Å². The molecule has 0 radical (unpaired) electrons. The molecule has 0 atom stereocenters. The number of benzene rings is 4. The highest BCUT2D eigenvalue weighted by Crippen LogP contribution is 2.77. The second-order valence-electron chi connectivity index (χ2n) is 7.50. The van der Waals surface area contributed by atoms with Crippen LogP contribution in [0.5, 0.6) is 0 Å². The minimum atomic E-state index is -0.441. The van der Waals surface area contributed by atoms with E-state index in [-0.39, 0.29) is 0 Å². The summed E-state index contributed by atoms with van der Waals surface area (Å²) in [5.74, 6) is 0. The van der Waals surface area contributed by atoms with Crippen molar-refractivity contribution in [2.75, 3.05) is 0 Å². The molecule has 142 valence electrons. The lowest BCUT2D eigenvalue weighted by molar-refractivity contribution is 1.35. The highest BCUT2D eigenvalue weighted by molar-refractivity contribution is 7.91. The standard InChI is InChI=1S/C27H24P2/c1-5-13-23(14-6-1)28(24-15-7-2-8-16-24)27(21-22-27)29(25-17-9-3-10-18-25)26-19-11-4-12-20-26/h1-20H,21-22H2. The molecule has 0 spiro atoms. The summed E-state index contributed by atoms with van der Waals surface area (Å²) < 4.78 is 0. The van der Waals surface area contributed by atoms with Crippen molar-refractivity contribution in [3.8, 4) is 0 Å². The number of hydrogen-bond donors (Lipinski definition) is 0. The summed E-state index contributed by atoms with van der Waals surface area (Å²) in [6, 6.07) is 45.0. The molecule has 0 nitrogen and oxygen atoms in total. The molecule has 4 aromatic rings. The van der Waals surface area contributed by atoms with Crippen LogP contribution < -0.4 is 21.2 Å². The van der Waals surface area contributed by atoms with Crippen LogP contribution >= 0.6 is 15.8 Å². The zero-order valence-corrected chi connectivity index (χ0v) is 18.1. The van der Waals surface area contributed by atoms with Gasteiger partial charge in [0, 0.05) is 4.90 Å². The van der Waals surface area contributed by atoms with Gasteiger partial charge in [0.15, 0.2) is 0 Å². The number of rotatable bonds is 6. The van der Waals surface area contributed by atoms with Gasteiger partial charge < -0.3 is 0 Å². The first-order chi connectivity index (χ1) is 14.4. The van der Waals surface area contributed by atoms with Gasteiger partial charge in [0.25, 0.3) is 0 Å². The lowest BCUT2D eigenvalue weighted by Gasteiger charge is -2.36. The van der Waals surface area contributed by atoms with E-state index in [0.717, 1.165) is 0 Å². The van der Waals surface area contributed by atoms with Gasteiger partial charge in [-0.3, -0.25) is 0 Å². The average Bonchev–Trinajstić information content (AvgIpc) is 3.58. The van der Waals surface area contributed by atoms with Crippen molar-refractivity contribution in [2.24, 2.45) is 0 Å². The molecule has 2 heteroatoms. The summed E-state index contributed by atoms with van der Waals surface area (Å²) in [5.41, 5.74) is 0. The Morgan fingerprint density at radius 1 is 0.379 bits per heavy atom. The van der Waals surface area contributed by atoms with Gasteiger partial charge in [0.2, 0.25) is 0 Å². The van der Waals surface area contributed by atoms with E-state index in [2.05, 4.69) is 121 Å². The summed E-state index contributed by atoms with van der Waals surface area (Å²) in [5, 5.41) is 6.02. The molecule has 0 unspecified atom stereocenters. The number of hydrogen-bond acceptors (Lipinski definition) is 0. The predicted molar refractivity (Wildman–Crippen MR) is 130 cm³/mol. The molecular formula is C27H24P2. The topological polar surface area (TPSA) is 0 Å². The molecule has 0 aromatic heterocycles. The van der Waals surface area contributed by atoms with E-state index in [1.807, 2.05) is 0 Å². The van der Waals surface area contributed by atoms with Crippen LogP contribution in [-0.4, -0.2) is 4.90 Å². The van der Waals surface area contributed by atoms with Crippen molar-refractivity contribution in [1.29, 1.82) is 0 Å². The van der Waals surface area contributed by atoms with Crippen LogP contribution in [0.2, 0.25) is 0 Å². The maximum atomic E-state index is 2.35. The van der Waals surface area contributed by atoms with Gasteiger partial charge in [-0.05, 0) is 49.9 Å². The highest BCUT2D eigenvalue weighted by Gasteiger charge is 2.56. The first-order valence-electron chi connectivity index (χ1n) is 10.2. The van der Waals surface area contributed by atoms with Crippen LogP contribution in [0.15, 0.2) is 121 Å². The summed E-state index contributed by atoms with van der Waals surface area (Å²) in [6.45, 7) is 0. The van der Waals surface area contributed by atoms with Gasteiger partial charge in [-0.1, -0.05) is 121 Å². The lowest BCUT2D eigenvalue weighted by atomic mass is 10.4. The maximum Gasteiger partial charge on any atom is 0.0268 e. The Balaban J connectivity index is 1.70. The van der Waals surface area contributed by atoms with E-state index in [9.17, 15) is 0 Å².